The molecule has 0 amide bonds. The fraction of sp³-hybridized carbons (Fsp3) is 0.500. The van der Waals surface area contributed by atoms with Crippen LogP contribution >= 0.6 is 0 Å². The molecule has 0 aliphatic heterocycles. The van der Waals surface area contributed by atoms with Gasteiger partial charge in [0.1, 0.15) is 6.61 Å². The second kappa shape index (κ2) is 5.82. The molecule has 0 fully saturated rings. The van der Waals surface area contributed by atoms with Crippen LogP contribution < -0.4 is 10.5 Å². The topological polar surface area (TPSA) is 44.5 Å². The van der Waals surface area contributed by atoms with Crippen LogP contribution in [-0.4, -0.2) is 19.8 Å². The maximum absolute atomic E-state index is 13.5. The van der Waals surface area contributed by atoms with E-state index in [4.69, 9.17) is 15.2 Å². The summed E-state index contributed by atoms with van der Waals surface area (Å²) in [4.78, 5) is 0. The Morgan fingerprint density at radius 2 is 2.06 bits per heavy atom. The maximum atomic E-state index is 13.5. The first-order valence-electron chi connectivity index (χ1n) is 5.25. The highest BCUT2D eigenvalue weighted by molar-refractivity contribution is 5.30. The molecule has 90 valence electrons. The van der Waals surface area contributed by atoms with Gasteiger partial charge < -0.3 is 15.2 Å². The van der Waals surface area contributed by atoms with Gasteiger partial charge in [0.05, 0.1) is 6.10 Å². The van der Waals surface area contributed by atoms with Gasteiger partial charge in [-0.2, -0.15) is 0 Å². The van der Waals surface area contributed by atoms with Gasteiger partial charge >= 0.3 is 0 Å². The fourth-order valence-electron chi connectivity index (χ4n) is 1.19. The molecule has 2 N–H and O–H groups in total. The molecule has 0 aliphatic rings. The molecule has 4 heteroatoms. The van der Waals surface area contributed by atoms with Crippen molar-refractivity contribution in [1.29, 1.82) is 0 Å². The van der Waals surface area contributed by atoms with Crippen LogP contribution in [0.4, 0.5) is 4.39 Å². The number of hydrogen-bond acceptors (Lipinski definition) is 3. The van der Waals surface area contributed by atoms with Gasteiger partial charge in [0.2, 0.25) is 0 Å². The van der Waals surface area contributed by atoms with Crippen molar-refractivity contribution in [2.45, 2.75) is 26.0 Å². The number of hydrogen-bond donors (Lipinski definition) is 1. The van der Waals surface area contributed by atoms with Crippen molar-refractivity contribution in [3.05, 3.63) is 29.6 Å². The Morgan fingerprint density at radius 3 is 2.56 bits per heavy atom. The highest BCUT2D eigenvalue weighted by Gasteiger charge is 2.08. The van der Waals surface area contributed by atoms with E-state index in [1.54, 1.807) is 19.2 Å². The van der Waals surface area contributed by atoms with E-state index >= 15 is 0 Å². The van der Waals surface area contributed by atoms with Crippen LogP contribution in [0.25, 0.3) is 0 Å². The molecule has 1 aromatic rings. The predicted octanol–water partition coefficient (Wildman–Crippen LogP) is 2.26. The van der Waals surface area contributed by atoms with Gasteiger partial charge in [-0.1, -0.05) is 6.07 Å². The first-order chi connectivity index (χ1) is 7.54. The highest BCUT2D eigenvalue weighted by atomic mass is 19.1. The minimum atomic E-state index is -0.391. The van der Waals surface area contributed by atoms with Gasteiger partial charge in [0.25, 0.3) is 0 Å². The molecule has 1 rings (SSSR count). The normalized spacial score (nSPS) is 14.6. The Kier molecular flexibility index (Phi) is 4.71. The zero-order valence-corrected chi connectivity index (χ0v) is 9.87. The molecule has 0 aliphatic carbocycles. The molecule has 1 unspecified atom stereocenters. The molecule has 1 aromatic carbocycles. The van der Waals surface area contributed by atoms with Crippen molar-refractivity contribution in [1.82, 2.24) is 0 Å². The quantitative estimate of drug-likeness (QED) is 0.839. The smallest absolute Gasteiger partial charge is 0.165 e. The summed E-state index contributed by atoms with van der Waals surface area (Å²) in [6, 6.07) is 4.58. The number of benzene rings is 1. The molecule has 16 heavy (non-hydrogen) atoms. The summed E-state index contributed by atoms with van der Waals surface area (Å²) >= 11 is 0. The maximum Gasteiger partial charge on any atom is 0.165 e. The standard InChI is InChI=1S/C12H18FNO2/c1-8(15-3)7-16-12-5-4-10(9(2)14)6-11(12)13/h4-6,8-9H,7,14H2,1-3H3/t8?,9-/m0/s1. The zero-order valence-electron chi connectivity index (χ0n) is 9.87. The summed E-state index contributed by atoms with van der Waals surface area (Å²) in [5.41, 5.74) is 6.40. The van der Waals surface area contributed by atoms with Gasteiger partial charge in [-0.25, -0.2) is 4.39 Å². The van der Waals surface area contributed by atoms with Crippen LogP contribution in [0.5, 0.6) is 5.75 Å². The van der Waals surface area contributed by atoms with E-state index in [1.165, 1.54) is 6.07 Å². The SMILES string of the molecule is COC(C)COc1ccc([C@H](C)N)cc1F. The van der Waals surface area contributed by atoms with Gasteiger partial charge in [0, 0.05) is 13.2 Å². The fourth-order valence-corrected chi connectivity index (χ4v) is 1.19. The van der Waals surface area contributed by atoms with Crippen molar-refractivity contribution < 1.29 is 13.9 Å². The Morgan fingerprint density at radius 1 is 1.38 bits per heavy atom. The third-order valence-corrected chi connectivity index (χ3v) is 2.36. The summed E-state index contributed by atoms with van der Waals surface area (Å²) in [6.07, 6.45) is -0.0625. The molecule has 0 saturated heterocycles. The van der Waals surface area contributed by atoms with Gasteiger partial charge in [0.15, 0.2) is 11.6 Å². The van der Waals surface area contributed by atoms with Crippen molar-refractivity contribution in [2.24, 2.45) is 5.73 Å². The summed E-state index contributed by atoms with van der Waals surface area (Å²) in [5.74, 6) is -0.161. The van der Waals surface area contributed by atoms with E-state index in [0.717, 1.165) is 5.56 Å². The number of methoxy groups -OCH3 is 1. The minimum absolute atomic E-state index is 0.0625. The van der Waals surface area contributed by atoms with Crippen LogP contribution in [-0.2, 0) is 4.74 Å². The van der Waals surface area contributed by atoms with E-state index in [2.05, 4.69) is 0 Å². The molecule has 0 spiro atoms. The van der Waals surface area contributed by atoms with Crippen LogP contribution in [0.2, 0.25) is 0 Å². The molecule has 0 heterocycles. The average molecular weight is 227 g/mol. The lowest BCUT2D eigenvalue weighted by molar-refractivity contribution is 0.0701. The summed E-state index contributed by atoms with van der Waals surface area (Å²) in [5, 5.41) is 0. The lowest BCUT2D eigenvalue weighted by Crippen LogP contribution is -2.16. The van der Waals surface area contributed by atoms with Crippen molar-refractivity contribution in [3.8, 4) is 5.75 Å². The van der Waals surface area contributed by atoms with Crippen LogP contribution in [0, 0.1) is 5.82 Å². The monoisotopic (exact) mass is 227 g/mol. The van der Waals surface area contributed by atoms with Gasteiger partial charge in [-0.3, -0.25) is 0 Å². The van der Waals surface area contributed by atoms with E-state index in [0.29, 0.717) is 6.61 Å². The second-order valence-electron chi connectivity index (χ2n) is 3.84. The summed E-state index contributed by atoms with van der Waals surface area (Å²) < 4.78 is 23.8. The van der Waals surface area contributed by atoms with Crippen LogP contribution in [0.3, 0.4) is 0 Å². The molecule has 0 aromatic heterocycles. The van der Waals surface area contributed by atoms with E-state index in [1.807, 2.05) is 13.8 Å². The molecular formula is C12H18FNO2. The Balaban J connectivity index is 2.68. The first-order valence-corrected chi connectivity index (χ1v) is 5.25. The molecule has 0 bridgehead atoms. The summed E-state index contributed by atoms with van der Waals surface area (Å²) in [7, 11) is 1.59. The number of nitrogens with two attached hydrogens (primary N) is 1. The van der Waals surface area contributed by atoms with Crippen molar-refractivity contribution in [3.63, 3.8) is 0 Å². The molecule has 3 nitrogen and oxygen atoms in total. The Bertz CT molecular complexity index is 342. The third-order valence-electron chi connectivity index (χ3n) is 2.36. The first kappa shape index (κ1) is 12.9. The lowest BCUT2D eigenvalue weighted by atomic mass is 10.1. The molecule has 0 radical (unpaired) electrons. The van der Waals surface area contributed by atoms with Crippen molar-refractivity contribution in [2.75, 3.05) is 13.7 Å². The van der Waals surface area contributed by atoms with Gasteiger partial charge in [-0.15, -0.1) is 0 Å². The number of halogens is 1. The molecular weight excluding hydrogens is 209 g/mol. The predicted molar refractivity (Wildman–Crippen MR) is 61.0 cm³/mol. The molecule has 0 saturated carbocycles. The minimum Gasteiger partial charge on any atom is -0.488 e. The summed E-state index contributed by atoms with van der Waals surface area (Å²) in [6.45, 7) is 3.99. The van der Waals surface area contributed by atoms with E-state index in [9.17, 15) is 4.39 Å². The lowest BCUT2D eigenvalue weighted by Gasteiger charge is -2.13. The second-order valence-corrected chi connectivity index (χ2v) is 3.84. The van der Waals surface area contributed by atoms with Crippen molar-refractivity contribution >= 4 is 0 Å². The van der Waals surface area contributed by atoms with Gasteiger partial charge in [-0.05, 0) is 31.5 Å². The number of rotatable bonds is 5. The molecule has 2 atom stereocenters. The van der Waals surface area contributed by atoms with Crippen LogP contribution in [0.15, 0.2) is 18.2 Å². The zero-order chi connectivity index (χ0) is 12.1. The van der Waals surface area contributed by atoms with E-state index < -0.39 is 5.82 Å². The largest absolute Gasteiger partial charge is 0.488 e. The average Bonchev–Trinajstić information content (AvgIpc) is 2.26. The number of ether oxygens (including phenoxy) is 2. The Labute approximate surface area is 95.4 Å². The Hall–Kier alpha value is -1.13. The van der Waals surface area contributed by atoms with E-state index in [-0.39, 0.29) is 17.9 Å². The highest BCUT2D eigenvalue weighted by Crippen LogP contribution is 2.21. The van der Waals surface area contributed by atoms with Crippen LogP contribution in [0.1, 0.15) is 25.5 Å². The third kappa shape index (κ3) is 3.47.